The van der Waals surface area contributed by atoms with E-state index in [1.165, 1.54) is 57.8 Å². The zero-order valence-corrected chi connectivity index (χ0v) is 18.1. The van der Waals surface area contributed by atoms with Crippen LogP contribution in [0.25, 0.3) is 0 Å². The van der Waals surface area contributed by atoms with Crippen LogP contribution in [0.5, 0.6) is 0 Å². The van der Waals surface area contributed by atoms with E-state index in [1.54, 1.807) is 0 Å². The lowest BCUT2D eigenvalue weighted by molar-refractivity contribution is -0.205. The highest BCUT2D eigenvalue weighted by atomic mass is 16.8. The van der Waals surface area contributed by atoms with Crippen molar-refractivity contribution in [2.24, 2.45) is 11.3 Å². The third-order valence-electron chi connectivity index (χ3n) is 5.72. The highest BCUT2D eigenvalue weighted by Gasteiger charge is 2.40. The molecular formula is C22H42O4. The van der Waals surface area contributed by atoms with Gasteiger partial charge in [0, 0.05) is 0 Å². The van der Waals surface area contributed by atoms with Crippen LogP contribution in [0.2, 0.25) is 0 Å². The minimum absolute atomic E-state index is 0.188. The molecule has 0 radical (unpaired) electrons. The molecule has 0 bridgehead atoms. The zero-order chi connectivity index (χ0) is 19.6. The molecule has 1 heterocycles. The normalized spacial score (nSPS) is 20.9. The van der Waals surface area contributed by atoms with E-state index in [1.807, 2.05) is 27.7 Å². The molecule has 0 aromatic rings. The molecule has 0 N–H and O–H groups in total. The first kappa shape index (κ1) is 23.4. The third-order valence-corrected chi connectivity index (χ3v) is 5.72. The van der Waals surface area contributed by atoms with E-state index in [-0.39, 0.29) is 11.9 Å². The fourth-order valence-electron chi connectivity index (χ4n) is 3.31. The number of hydrogen-bond donors (Lipinski definition) is 0. The molecule has 2 atom stereocenters. The van der Waals surface area contributed by atoms with E-state index in [9.17, 15) is 4.79 Å². The Morgan fingerprint density at radius 1 is 1.08 bits per heavy atom. The molecule has 1 fully saturated rings. The van der Waals surface area contributed by atoms with Crippen LogP contribution in [0.1, 0.15) is 106 Å². The molecule has 1 saturated heterocycles. The van der Waals surface area contributed by atoms with Crippen LogP contribution in [0.15, 0.2) is 0 Å². The van der Waals surface area contributed by atoms with Crippen LogP contribution in [-0.2, 0) is 19.0 Å². The van der Waals surface area contributed by atoms with Crippen molar-refractivity contribution in [2.75, 3.05) is 6.61 Å². The standard InChI is InChI=1S/C22H42O4/c1-7-8-9-10-11-12-13-14-15-16-18(2)21(3,4)20(23)25-19-17-24-22(5,6)26-19/h18-19H,7-17H2,1-6H3. The molecular weight excluding hydrogens is 328 g/mol. The van der Waals surface area contributed by atoms with Crippen molar-refractivity contribution < 1.29 is 19.0 Å². The Balaban J connectivity index is 2.19. The van der Waals surface area contributed by atoms with E-state index in [2.05, 4.69) is 13.8 Å². The maximum absolute atomic E-state index is 12.6. The molecule has 154 valence electrons. The largest absolute Gasteiger partial charge is 0.433 e. The molecule has 1 rings (SSSR count). The first-order chi connectivity index (χ1) is 12.2. The molecule has 26 heavy (non-hydrogen) atoms. The summed E-state index contributed by atoms with van der Waals surface area (Å²) in [5, 5.41) is 0. The summed E-state index contributed by atoms with van der Waals surface area (Å²) in [4.78, 5) is 12.6. The van der Waals surface area contributed by atoms with E-state index < -0.39 is 17.5 Å². The lowest BCUT2D eigenvalue weighted by Crippen LogP contribution is -2.36. The van der Waals surface area contributed by atoms with Crippen LogP contribution in [0.3, 0.4) is 0 Å². The van der Waals surface area contributed by atoms with Gasteiger partial charge in [0.2, 0.25) is 6.29 Å². The summed E-state index contributed by atoms with van der Waals surface area (Å²) in [6.07, 6.45) is 12.4. The molecule has 4 heteroatoms. The van der Waals surface area contributed by atoms with Crippen molar-refractivity contribution in [2.45, 2.75) is 118 Å². The summed E-state index contributed by atoms with van der Waals surface area (Å²) >= 11 is 0. The molecule has 0 aromatic carbocycles. The summed E-state index contributed by atoms with van der Waals surface area (Å²) in [6.45, 7) is 12.3. The van der Waals surface area contributed by atoms with E-state index in [4.69, 9.17) is 14.2 Å². The van der Waals surface area contributed by atoms with Crippen molar-refractivity contribution in [3.05, 3.63) is 0 Å². The van der Waals surface area contributed by atoms with Crippen LogP contribution < -0.4 is 0 Å². The van der Waals surface area contributed by atoms with Gasteiger partial charge in [-0.15, -0.1) is 0 Å². The molecule has 0 aliphatic carbocycles. The lowest BCUT2D eigenvalue weighted by Gasteiger charge is -2.30. The fourth-order valence-corrected chi connectivity index (χ4v) is 3.31. The second-order valence-electron chi connectivity index (χ2n) is 8.90. The summed E-state index contributed by atoms with van der Waals surface area (Å²) in [5.41, 5.74) is -0.504. The summed E-state index contributed by atoms with van der Waals surface area (Å²) in [6, 6.07) is 0. The molecule has 0 saturated carbocycles. The number of hydrogen-bond acceptors (Lipinski definition) is 4. The number of carbonyl (C=O) groups excluding carboxylic acids is 1. The molecule has 0 aromatic heterocycles. The zero-order valence-electron chi connectivity index (χ0n) is 18.1. The smallest absolute Gasteiger partial charge is 0.314 e. The van der Waals surface area contributed by atoms with Crippen LogP contribution in [0, 0.1) is 11.3 Å². The number of rotatable bonds is 13. The number of carbonyl (C=O) groups is 1. The number of unbranched alkanes of at least 4 members (excludes halogenated alkanes) is 8. The van der Waals surface area contributed by atoms with Crippen molar-refractivity contribution in [3.8, 4) is 0 Å². The Morgan fingerprint density at radius 2 is 1.62 bits per heavy atom. The molecule has 2 unspecified atom stereocenters. The molecule has 0 spiro atoms. The fraction of sp³-hybridized carbons (Fsp3) is 0.955. The summed E-state index contributed by atoms with van der Waals surface area (Å²) in [7, 11) is 0. The number of ether oxygens (including phenoxy) is 3. The van der Waals surface area contributed by atoms with Gasteiger partial charge in [-0.3, -0.25) is 4.79 Å². The number of esters is 1. The van der Waals surface area contributed by atoms with Gasteiger partial charge in [-0.2, -0.15) is 0 Å². The van der Waals surface area contributed by atoms with Gasteiger partial charge in [-0.25, -0.2) is 0 Å². The van der Waals surface area contributed by atoms with Gasteiger partial charge >= 0.3 is 5.97 Å². The first-order valence-corrected chi connectivity index (χ1v) is 10.7. The SMILES string of the molecule is CCCCCCCCCCCC(C)C(C)(C)C(=O)OC1COC(C)(C)O1. The van der Waals surface area contributed by atoms with Crippen molar-refractivity contribution >= 4 is 5.97 Å². The highest BCUT2D eigenvalue weighted by Crippen LogP contribution is 2.34. The van der Waals surface area contributed by atoms with E-state index in [0.29, 0.717) is 6.61 Å². The Kier molecular flexibility index (Phi) is 10.2. The molecule has 4 nitrogen and oxygen atoms in total. The molecule has 1 aliphatic rings. The second-order valence-corrected chi connectivity index (χ2v) is 8.90. The predicted octanol–water partition coefficient (Wildman–Crippen LogP) is 6.22. The van der Waals surface area contributed by atoms with Crippen LogP contribution >= 0.6 is 0 Å². The minimum Gasteiger partial charge on any atom is -0.433 e. The van der Waals surface area contributed by atoms with Crippen molar-refractivity contribution in [1.82, 2.24) is 0 Å². The molecule has 1 aliphatic heterocycles. The Hall–Kier alpha value is -0.610. The van der Waals surface area contributed by atoms with Crippen LogP contribution in [-0.4, -0.2) is 24.7 Å². The van der Waals surface area contributed by atoms with Crippen LogP contribution in [0.4, 0.5) is 0 Å². The Morgan fingerprint density at radius 3 is 2.12 bits per heavy atom. The average Bonchev–Trinajstić information content (AvgIpc) is 2.91. The monoisotopic (exact) mass is 370 g/mol. The quantitative estimate of drug-likeness (QED) is 0.285. The summed E-state index contributed by atoms with van der Waals surface area (Å²) < 4.78 is 16.6. The second kappa shape index (κ2) is 11.3. The van der Waals surface area contributed by atoms with Crippen molar-refractivity contribution in [3.63, 3.8) is 0 Å². The Labute approximate surface area is 161 Å². The first-order valence-electron chi connectivity index (χ1n) is 10.7. The van der Waals surface area contributed by atoms with Crippen molar-refractivity contribution in [1.29, 1.82) is 0 Å². The summed E-state index contributed by atoms with van der Waals surface area (Å²) in [5.74, 6) is -0.570. The van der Waals surface area contributed by atoms with Gasteiger partial charge in [0.1, 0.15) is 6.61 Å². The van der Waals surface area contributed by atoms with Gasteiger partial charge in [0.25, 0.3) is 0 Å². The van der Waals surface area contributed by atoms with E-state index >= 15 is 0 Å². The topological polar surface area (TPSA) is 44.8 Å². The van der Waals surface area contributed by atoms with E-state index in [0.717, 1.165) is 6.42 Å². The maximum Gasteiger partial charge on any atom is 0.314 e. The van der Waals surface area contributed by atoms with Gasteiger partial charge in [0.15, 0.2) is 5.79 Å². The highest BCUT2D eigenvalue weighted by molar-refractivity contribution is 5.76. The maximum atomic E-state index is 12.6. The van der Waals surface area contributed by atoms with Gasteiger partial charge < -0.3 is 14.2 Å². The van der Waals surface area contributed by atoms with Gasteiger partial charge in [-0.1, -0.05) is 71.6 Å². The average molecular weight is 371 g/mol. The van der Waals surface area contributed by atoms with Gasteiger partial charge in [-0.05, 0) is 40.0 Å². The lowest BCUT2D eigenvalue weighted by atomic mass is 9.77. The minimum atomic E-state index is -0.669. The molecule has 0 amide bonds. The third kappa shape index (κ3) is 8.39. The van der Waals surface area contributed by atoms with Gasteiger partial charge in [0.05, 0.1) is 5.41 Å². The predicted molar refractivity (Wildman–Crippen MR) is 106 cm³/mol. The Bertz CT molecular complexity index is 403.